The summed E-state index contributed by atoms with van der Waals surface area (Å²) in [6, 6.07) is 8.26. The summed E-state index contributed by atoms with van der Waals surface area (Å²) in [7, 11) is 1.70. The zero-order valence-corrected chi connectivity index (χ0v) is 17.6. The van der Waals surface area contributed by atoms with Gasteiger partial charge in [-0.2, -0.15) is 0 Å². The van der Waals surface area contributed by atoms with E-state index in [1.807, 2.05) is 6.07 Å². The minimum absolute atomic E-state index is 0.632. The number of fused-ring (bicyclic) bond motifs is 1. The number of para-hydroxylation sites is 1. The fourth-order valence-electron chi connectivity index (χ4n) is 3.29. The van der Waals surface area contributed by atoms with Crippen LogP contribution >= 0.6 is 0 Å². The molecular formula is C23H34N2O3. The number of hydrogen-bond donors (Lipinski definition) is 0. The van der Waals surface area contributed by atoms with Crippen LogP contribution in [0.1, 0.15) is 51.0 Å². The molecule has 5 nitrogen and oxygen atoms in total. The molecule has 2 aromatic rings. The largest absolute Gasteiger partial charge is 0.496 e. The number of ether oxygens (including phenoxy) is 3. The second-order valence-corrected chi connectivity index (χ2v) is 7.48. The van der Waals surface area contributed by atoms with Gasteiger partial charge in [-0.15, -0.1) is 0 Å². The molecule has 154 valence electrons. The Hall–Kier alpha value is -1.85. The van der Waals surface area contributed by atoms with Crippen molar-refractivity contribution in [2.75, 3.05) is 46.6 Å². The zero-order chi connectivity index (χ0) is 19.8. The SMILES string of the molecule is CCCC.COc1cc(OCCN2CCOCC2)nc2c(C3CC3)cccc12. The summed E-state index contributed by atoms with van der Waals surface area (Å²) in [5.74, 6) is 2.14. The predicted octanol–water partition coefficient (Wildman–Crippen LogP) is 4.64. The van der Waals surface area contributed by atoms with Crippen molar-refractivity contribution >= 4 is 10.9 Å². The van der Waals surface area contributed by atoms with Gasteiger partial charge in [-0.25, -0.2) is 4.98 Å². The van der Waals surface area contributed by atoms with Gasteiger partial charge in [0.1, 0.15) is 12.4 Å². The van der Waals surface area contributed by atoms with Crippen LogP contribution in [0.3, 0.4) is 0 Å². The molecular weight excluding hydrogens is 352 g/mol. The van der Waals surface area contributed by atoms with Crippen molar-refractivity contribution in [1.29, 1.82) is 0 Å². The lowest BCUT2D eigenvalue weighted by Gasteiger charge is -2.26. The van der Waals surface area contributed by atoms with Crippen LogP contribution in [-0.2, 0) is 4.74 Å². The molecule has 0 N–H and O–H groups in total. The Morgan fingerprint density at radius 1 is 1.14 bits per heavy atom. The van der Waals surface area contributed by atoms with Crippen molar-refractivity contribution in [3.63, 3.8) is 0 Å². The van der Waals surface area contributed by atoms with Gasteiger partial charge in [0.15, 0.2) is 0 Å². The van der Waals surface area contributed by atoms with E-state index in [9.17, 15) is 0 Å². The average Bonchev–Trinajstić information content (AvgIpc) is 3.59. The summed E-state index contributed by atoms with van der Waals surface area (Å²) >= 11 is 0. The molecule has 0 bridgehead atoms. The number of benzene rings is 1. The minimum atomic E-state index is 0.632. The van der Waals surface area contributed by atoms with Gasteiger partial charge < -0.3 is 14.2 Å². The Morgan fingerprint density at radius 3 is 2.54 bits per heavy atom. The monoisotopic (exact) mass is 386 g/mol. The topological polar surface area (TPSA) is 43.8 Å². The van der Waals surface area contributed by atoms with Gasteiger partial charge in [0.25, 0.3) is 0 Å². The average molecular weight is 387 g/mol. The highest BCUT2D eigenvalue weighted by Crippen LogP contribution is 2.44. The highest BCUT2D eigenvalue weighted by atomic mass is 16.5. The number of aromatic nitrogens is 1. The molecule has 0 atom stereocenters. The van der Waals surface area contributed by atoms with E-state index in [4.69, 9.17) is 19.2 Å². The Kier molecular flexibility index (Phi) is 7.92. The first-order chi connectivity index (χ1) is 13.8. The van der Waals surface area contributed by atoms with Crippen LogP contribution in [0.4, 0.5) is 0 Å². The maximum atomic E-state index is 5.94. The highest BCUT2D eigenvalue weighted by molar-refractivity contribution is 5.89. The Bertz CT molecular complexity index is 738. The van der Waals surface area contributed by atoms with Gasteiger partial charge in [0.05, 0.1) is 25.8 Å². The molecule has 0 radical (unpaired) electrons. The molecule has 1 aromatic carbocycles. The van der Waals surface area contributed by atoms with Gasteiger partial charge in [-0.1, -0.05) is 38.8 Å². The fraction of sp³-hybridized carbons (Fsp3) is 0.609. The minimum Gasteiger partial charge on any atom is -0.496 e. The third-order valence-electron chi connectivity index (χ3n) is 5.31. The Balaban J connectivity index is 0.000000516. The number of rotatable bonds is 7. The highest BCUT2D eigenvalue weighted by Gasteiger charge is 2.26. The van der Waals surface area contributed by atoms with E-state index in [0.717, 1.165) is 49.5 Å². The second-order valence-electron chi connectivity index (χ2n) is 7.48. The Morgan fingerprint density at radius 2 is 1.89 bits per heavy atom. The number of unbranched alkanes of at least 4 members (excludes halogenated alkanes) is 1. The third kappa shape index (κ3) is 5.58. The molecule has 0 unspecified atom stereocenters. The molecule has 1 aliphatic heterocycles. The van der Waals surface area contributed by atoms with Crippen LogP contribution < -0.4 is 9.47 Å². The third-order valence-corrected chi connectivity index (χ3v) is 5.31. The fourth-order valence-corrected chi connectivity index (χ4v) is 3.29. The van der Waals surface area contributed by atoms with Gasteiger partial charge in [-0.05, 0) is 30.4 Å². The van der Waals surface area contributed by atoms with Gasteiger partial charge >= 0.3 is 0 Å². The molecule has 2 heterocycles. The molecule has 1 saturated carbocycles. The van der Waals surface area contributed by atoms with Gasteiger partial charge in [-0.3, -0.25) is 4.90 Å². The quantitative estimate of drug-likeness (QED) is 0.694. The van der Waals surface area contributed by atoms with Crippen LogP contribution in [0.15, 0.2) is 24.3 Å². The maximum Gasteiger partial charge on any atom is 0.217 e. The van der Waals surface area contributed by atoms with E-state index in [0.29, 0.717) is 18.4 Å². The van der Waals surface area contributed by atoms with E-state index < -0.39 is 0 Å². The molecule has 0 amide bonds. The van der Waals surface area contributed by atoms with Crippen molar-refractivity contribution in [3.8, 4) is 11.6 Å². The maximum absolute atomic E-state index is 5.94. The lowest BCUT2D eigenvalue weighted by atomic mass is 10.1. The molecule has 0 spiro atoms. The number of methoxy groups -OCH3 is 1. The number of pyridine rings is 1. The van der Waals surface area contributed by atoms with Gasteiger partial charge in [0.2, 0.25) is 5.88 Å². The first kappa shape index (κ1) is 20.9. The van der Waals surface area contributed by atoms with Crippen LogP contribution in [0.2, 0.25) is 0 Å². The molecule has 2 aliphatic rings. The normalized spacial score (nSPS) is 17.1. The van der Waals surface area contributed by atoms with Gasteiger partial charge in [0, 0.05) is 31.1 Å². The predicted molar refractivity (Wildman–Crippen MR) is 114 cm³/mol. The molecule has 5 heteroatoms. The summed E-state index contributed by atoms with van der Waals surface area (Å²) in [4.78, 5) is 7.14. The standard InChI is InChI=1S/C19H24N2O3.C4H10/c1-22-17-13-18(24-12-9-21-7-10-23-11-8-21)20-19-15(14-5-6-14)3-2-4-16(17)19;1-3-4-2/h2-4,13-14H,5-12H2,1H3;3-4H2,1-2H3. The van der Waals surface area contributed by atoms with E-state index in [1.165, 1.54) is 31.2 Å². The lowest BCUT2D eigenvalue weighted by Crippen LogP contribution is -2.38. The van der Waals surface area contributed by atoms with Crippen molar-refractivity contribution in [2.24, 2.45) is 0 Å². The zero-order valence-electron chi connectivity index (χ0n) is 17.6. The Labute approximate surface area is 169 Å². The molecule has 1 saturated heterocycles. The first-order valence-electron chi connectivity index (χ1n) is 10.7. The summed E-state index contributed by atoms with van der Waals surface area (Å²) in [5.41, 5.74) is 2.35. The van der Waals surface area contributed by atoms with Crippen molar-refractivity contribution in [2.45, 2.75) is 45.4 Å². The molecule has 4 rings (SSSR count). The molecule has 1 aromatic heterocycles. The van der Waals surface area contributed by atoms with Crippen molar-refractivity contribution in [3.05, 3.63) is 29.8 Å². The van der Waals surface area contributed by atoms with E-state index in [-0.39, 0.29) is 0 Å². The van der Waals surface area contributed by atoms with Crippen molar-refractivity contribution < 1.29 is 14.2 Å². The number of nitrogens with zero attached hydrogens (tertiary/aromatic N) is 2. The summed E-state index contributed by atoms with van der Waals surface area (Å²) < 4.78 is 16.9. The van der Waals surface area contributed by atoms with Crippen molar-refractivity contribution in [1.82, 2.24) is 9.88 Å². The first-order valence-corrected chi connectivity index (χ1v) is 10.7. The molecule has 28 heavy (non-hydrogen) atoms. The summed E-state index contributed by atoms with van der Waals surface area (Å²) in [6.45, 7) is 9.47. The summed E-state index contributed by atoms with van der Waals surface area (Å²) in [6.07, 6.45) is 5.15. The smallest absolute Gasteiger partial charge is 0.217 e. The van der Waals surface area contributed by atoms with Crippen LogP contribution in [0.25, 0.3) is 10.9 Å². The van der Waals surface area contributed by atoms with E-state index >= 15 is 0 Å². The second kappa shape index (κ2) is 10.6. The summed E-state index contributed by atoms with van der Waals surface area (Å²) in [5, 5.41) is 1.07. The molecule has 1 aliphatic carbocycles. The van der Waals surface area contributed by atoms with Crippen LogP contribution in [-0.4, -0.2) is 56.4 Å². The van der Waals surface area contributed by atoms with E-state index in [1.54, 1.807) is 7.11 Å². The van der Waals surface area contributed by atoms with Crippen LogP contribution in [0, 0.1) is 0 Å². The van der Waals surface area contributed by atoms with E-state index in [2.05, 4.69) is 36.9 Å². The lowest BCUT2D eigenvalue weighted by molar-refractivity contribution is 0.0320. The molecule has 2 fully saturated rings. The number of hydrogen-bond acceptors (Lipinski definition) is 5. The number of morpholine rings is 1. The van der Waals surface area contributed by atoms with Crippen LogP contribution in [0.5, 0.6) is 11.6 Å².